The molecule has 1 heterocycles. The van der Waals surface area contributed by atoms with Crippen LogP contribution >= 0.6 is 11.6 Å². The van der Waals surface area contributed by atoms with Crippen LogP contribution in [0.2, 0.25) is 5.02 Å². The fourth-order valence-corrected chi connectivity index (χ4v) is 2.32. The van der Waals surface area contributed by atoms with E-state index in [2.05, 4.69) is 10.00 Å². The molecule has 1 fully saturated rings. The number of nitrogens with zero attached hydrogens (tertiary/aromatic N) is 3. The van der Waals surface area contributed by atoms with Crippen molar-refractivity contribution in [3.63, 3.8) is 0 Å². The van der Waals surface area contributed by atoms with Crippen LogP contribution in [0.3, 0.4) is 0 Å². The maximum atomic E-state index is 12.9. The molecule has 1 aromatic carbocycles. The van der Waals surface area contributed by atoms with Gasteiger partial charge in [-0.2, -0.15) is 5.10 Å². The van der Waals surface area contributed by atoms with Crippen LogP contribution in [-0.4, -0.2) is 20.7 Å². The first-order valence-electron chi connectivity index (χ1n) is 6.37. The highest BCUT2D eigenvalue weighted by Gasteiger charge is 2.29. The fourth-order valence-electron chi connectivity index (χ4n) is 2.16. The van der Waals surface area contributed by atoms with Crippen molar-refractivity contribution in [2.24, 2.45) is 0 Å². The third-order valence-electron chi connectivity index (χ3n) is 3.29. The summed E-state index contributed by atoms with van der Waals surface area (Å²) in [6.45, 7) is 1.52. The molecule has 2 aromatic rings. The standard InChI is InChI=1S/C14H15ClFN3/c15-12-7-17-19(9-12)10-18(14-5-6-14)8-11-1-3-13(16)4-2-11/h1-4,7,9,14H,5-6,8,10H2. The van der Waals surface area contributed by atoms with Gasteiger partial charge in [0.15, 0.2) is 0 Å². The van der Waals surface area contributed by atoms with Crippen molar-refractivity contribution in [1.82, 2.24) is 14.7 Å². The molecule has 19 heavy (non-hydrogen) atoms. The van der Waals surface area contributed by atoms with Gasteiger partial charge in [0, 0.05) is 18.8 Å². The van der Waals surface area contributed by atoms with E-state index in [0.717, 1.165) is 18.8 Å². The van der Waals surface area contributed by atoms with Gasteiger partial charge in [0.25, 0.3) is 0 Å². The van der Waals surface area contributed by atoms with E-state index in [1.165, 1.54) is 25.0 Å². The van der Waals surface area contributed by atoms with E-state index in [-0.39, 0.29) is 5.82 Å². The van der Waals surface area contributed by atoms with Crippen LogP contribution in [0.15, 0.2) is 36.7 Å². The Morgan fingerprint density at radius 2 is 2.05 bits per heavy atom. The SMILES string of the molecule is Fc1ccc(CN(Cn2cc(Cl)cn2)C2CC2)cc1. The van der Waals surface area contributed by atoms with E-state index in [9.17, 15) is 4.39 Å². The predicted molar refractivity (Wildman–Crippen MR) is 72.2 cm³/mol. The summed E-state index contributed by atoms with van der Waals surface area (Å²) in [5, 5.41) is 4.86. The predicted octanol–water partition coefficient (Wildman–Crippen LogP) is 3.30. The Kier molecular flexibility index (Phi) is 3.53. The lowest BCUT2D eigenvalue weighted by Crippen LogP contribution is -2.28. The van der Waals surface area contributed by atoms with Crippen LogP contribution in [0.25, 0.3) is 0 Å². The molecule has 1 aliphatic rings. The van der Waals surface area contributed by atoms with Gasteiger partial charge in [0.05, 0.1) is 17.9 Å². The smallest absolute Gasteiger partial charge is 0.123 e. The summed E-state index contributed by atoms with van der Waals surface area (Å²) < 4.78 is 14.7. The Morgan fingerprint density at radius 3 is 2.63 bits per heavy atom. The van der Waals surface area contributed by atoms with Crippen LogP contribution < -0.4 is 0 Å². The Morgan fingerprint density at radius 1 is 1.32 bits per heavy atom. The minimum Gasteiger partial charge on any atom is -0.277 e. The van der Waals surface area contributed by atoms with E-state index >= 15 is 0 Å². The van der Waals surface area contributed by atoms with Crippen molar-refractivity contribution in [3.8, 4) is 0 Å². The van der Waals surface area contributed by atoms with Crippen LogP contribution in [0, 0.1) is 5.82 Å². The lowest BCUT2D eigenvalue weighted by atomic mass is 10.2. The Balaban J connectivity index is 1.69. The van der Waals surface area contributed by atoms with E-state index in [1.54, 1.807) is 6.20 Å². The average Bonchev–Trinajstić information content (AvgIpc) is 3.16. The lowest BCUT2D eigenvalue weighted by Gasteiger charge is -2.21. The minimum atomic E-state index is -0.194. The van der Waals surface area contributed by atoms with Gasteiger partial charge in [-0.25, -0.2) is 4.39 Å². The maximum Gasteiger partial charge on any atom is 0.123 e. The van der Waals surface area contributed by atoms with E-state index < -0.39 is 0 Å². The first-order chi connectivity index (χ1) is 9.20. The number of rotatable bonds is 5. The summed E-state index contributed by atoms with van der Waals surface area (Å²) in [6, 6.07) is 7.28. The highest BCUT2D eigenvalue weighted by molar-refractivity contribution is 6.30. The molecule has 3 rings (SSSR count). The van der Waals surface area contributed by atoms with Gasteiger partial charge in [-0.3, -0.25) is 9.58 Å². The van der Waals surface area contributed by atoms with Gasteiger partial charge >= 0.3 is 0 Å². The van der Waals surface area contributed by atoms with Gasteiger partial charge in [0.2, 0.25) is 0 Å². The fraction of sp³-hybridized carbons (Fsp3) is 0.357. The lowest BCUT2D eigenvalue weighted by molar-refractivity contribution is 0.188. The van der Waals surface area contributed by atoms with Crippen LogP contribution in [-0.2, 0) is 13.2 Å². The van der Waals surface area contributed by atoms with Crippen LogP contribution in [0.4, 0.5) is 4.39 Å². The molecule has 0 saturated heterocycles. The molecule has 3 nitrogen and oxygen atoms in total. The Labute approximate surface area is 116 Å². The van der Waals surface area contributed by atoms with Crippen molar-refractivity contribution < 1.29 is 4.39 Å². The summed E-state index contributed by atoms with van der Waals surface area (Å²) in [7, 11) is 0. The third-order valence-corrected chi connectivity index (χ3v) is 3.49. The molecule has 0 spiro atoms. The summed E-state index contributed by atoms with van der Waals surface area (Å²) in [4.78, 5) is 2.34. The van der Waals surface area contributed by atoms with Crippen LogP contribution in [0.1, 0.15) is 18.4 Å². The Hall–Kier alpha value is -1.39. The molecule has 0 aliphatic heterocycles. The molecule has 100 valence electrons. The number of aromatic nitrogens is 2. The van der Waals surface area contributed by atoms with Gasteiger partial charge in [-0.15, -0.1) is 0 Å². The van der Waals surface area contributed by atoms with Gasteiger partial charge < -0.3 is 0 Å². The summed E-state index contributed by atoms with van der Waals surface area (Å²) in [5.74, 6) is -0.194. The van der Waals surface area contributed by atoms with Crippen molar-refractivity contribution in [3.05, 3.63) is 53.1 Å². The van der Waals surface area contributed by atoms with Gasteiger partial charge in [0.1, 0.15) is 5.82 Å². The zero-order valence-electron chi connectivity index (χ0n) is 10.5. The molecule has 0 bridgehead atoms. The maximum absolute atomic E-state index is 12.9. The number of halogens is 2. The molecule has 5 heteroatoms. The quantitative estimate of drug-likeness (QED) is 0.837. The number of hydrogen-bond acceptors (Lipinski definition) is 2. The molecule has 1 aliphatic carbocycles. The first kappa shape index (κ1) is 12.6. The molecule has 1 aromatic heterocycles. The molecule has 0 radical (unpaired) electrons. The van der Waals surface area contributed by atoms with E-state index in [1.807, 2.05) is 23.0 Å². The summed E-state index contributed by atoms with van der Waals surface area (Å²) in [5.41, 5.74) is 1.12. The number of benzene rings is 1. The largest absolute Gasteiger partial charge is 0.277 e. The second-order valence-corrected chi connectivity index (χ2v) is 5.38. The zero-order valence-corrected chi connectivity index (χ0v) is 11.2. The van der Waals surface area contributed by atoms with Crippen molar-refractivity contribution in [1.29, 1.82) is 0 Å². The highest BCUT2D eigenvalue weighted by Crippen LogP contribution is 2.28. The highest BCUT2D eigenvalue weighted by atomic mass is 35.5. The second-order valence-electron chi connectivity index (χ2n) is 4.94. The topological polar surface area (TPSA) is 21.1 Å². The van der Waals surface area contributed by atoms with E-state index in [4.69, 9.17) is 11.6 Å². The molecule has 0 atom stereocenters. The van der Waals surface area contributed by atoms with Gasteiger partial charge in [-0.1, -0.05) is 23.7 Å². The average molecular weight is 280 g/mol. The zero-order chi connectivity index (χ0) is 13.2. The van der Waals surface area contributed by atoms with Crippen molar-refractivity contribution in [2.75, 3.05) is 0 Å². The minimum absolute atomic E-state index is 0.194. The van der Waals surface area contributed by atoms with E-state index in [0.29, 0.717) is 11.1 Å². The van der Waals surface area contributed by atoms with Crippen LogP contribution in [0.5, 0.6) is 0 Å². The summed E-state index contributed by atoms with van der Waals surface area (Å²) >= 11 is 5.87. The molecule has 1 saturated carbocycles. The first-order valence-corrected chi connectivity index (χ1v) is 6.75. The molecule has 0 unspecified atom stereocenters. The normalized spacial score (nSPS) is 15.1. The Bertz CT molecular complexity index is 548. The molecule has 0 amide bonds. The summed E-state index contributed by atoms with van der Waals surface area (Å²) in [6.07, 6.45) is 5.90. The van der Waals surface area contributed by atoms with Gasteiger partial charge in [-0.05, 0) is 30.5 Å². The molecule has 0 N–H and O–H groups in total. The monoisotopic (exact) mass is 279 g/mol. The van der Waals surface area contributed by atoms with Crippen molar-refractivity contribution in [2.45, 2.75) is 32.1 Å². The second kappa shape index (κ2) is 5.31. The molecular weight excluding hydrogens is 265 g/mol. The van der Waals surface area contributed by atoms with Crippen molar-refractivity contribution >= 4 is 11.6 Å². The molecular formula is C14H15ClFN3. The third kappa shape index (κ3) is 3.33. The number of hydrogen-bond donors (Lipinski definition) is 0.